The summed E-state index contributed by atoms with van der Waals surface area (Å²) >= 11 is 0. The number of rotatable bonds is 1. The fraction of sp³-hybridized carbons (Fsp3) is 0.500. The summed E-state index contributed by atoms with van der Waals surface area (Å²) in [5.74, 6) is -0.718. The highest BCUT2D eigenvalue weighted by Crippen LogP contribution is 2.25. The molecule has 2 heterocycles. The van der Waals surface area contributed by atoms with Gasteiger partial charge >= 0.3 is 0 Å². The molecule has 5 nitrogen and oxygen atoms in total. The molecule has 1 saturated heterocycles. The number of hydrogen-bond donors (Lipinski definition) is 0. The first kappa shape index (κ1) is 16.8. The molecule has 1 aliphatic heterocycles. The molecule has 0 radical (unpaired) electrons. The van der Waals surface area contributed by atoms with E-state index in [0.29, 0.717) is 24.1 Å². The van der Waals surface area contributed by atoms with Crippen LogP contribution in [0, 0.1) is 19.7 Å². The van der Waals surface area contributed by atoms with Crippen LogP contribution < -0.4 is 0 Å². The van der Waals surface area contributed by atoms with Crippen LogP contribution in [0.3, 0.4) is 0 Å². The third kappa shape index (κ3) is 3.11. The number of carbonyl (C=O) groups is 1. The van der Waals surface area contributed by atoms with E-state index in [4.69, 9.17) is 4.74 Å². The highest BCUT2D eigenvalue weighted by molar-refractivity contribution is 6.04. The lowest BCUT2D eigenvalue weighted by Gasteiger charge is -2.41. The average molecular weight is 331 g/mol. The van der Waals surface area contributed by atoms with Crippen molar-refractivity contribution in [2.75, 3.05) is 13.1 Å². The Labute approximate surface area is 140 Å². The normalized spacial score (nSPS) is 20.4. The highest BCUT2D eigenvalue weighted by atomic mass is 19.1. The molecular weight excluding hydrogens is 309 g/mol. The van der Waals surface area contributed by atoms with Gasteiger partial charge in [-0.1, -0.05) is 0 Å². The van der Waals surface area contributed by atoms with E-state index in [9.17, 15) is 9.18 Å². The molecule has 2 aromatic rings. The van der Waals surface area contributed by atoms with Gasteiger partial charge in [0.15, 0.2) is 0 Å². The van der Waals surface area contributed by atoms with Crippen LogP contribution >= 0.6 is 0 Å². The number of amides is 1. The van der Waals surface area contributed by atoms with Crippen LogP contribution in [0.2, 0.25) is 0 Å². The predicted molar refractivity (Wildman–Crippen MR) is 89.5 cm³/mol. The van der Waals surface area contributed by atoms with Gasteiger partial charge in [-0.05, 0) is 40.7 Å². The van der Waals surface area contributed by atoms with E-state index in [2.05, 4.69) is 9.97 Å². The molecule has 1 fully saturated rings. The molecule has 3 rings (SSSR count). The Hall–Kier alpha value is -2.08. The van der Waals surface area contributed by atoms with Gasteiger partial charge in [0.25, 0.3) is 5.91 Å². The Morgan fingerprint density at radius 3 is 2.62 bits per heavy atom. The number of morpholine rings is 1. The van der Waals surface area contributed by atoms with Gasteiger partial charge in [0, 0.05) is 19.2 Å². The lowest BCUT2D eigenvalue weighted by molar-refractivity contribution is -0.118. The summed E-state index contributed by atoms with van der Waals surface area (Å²) in [6.45, 7) is 10.4. The third-order valence-corrected chi connectivity index (χ3v) is 4.23. The van der Waals surface area contributed by atoms with E-state index in [0.717, 1.165) is 11.4 Å². The summed E-state index contributed by atoms with van der Waals surface area (Å²) in [6, 6.07) is 2.57. The van der Waals surface area contributed by atoms with Crippen LogP contribution in [0.15, 0.2) is 12.1 Å². The minimum Gasteiger partial charge on any atom is -0.369 e. The molecule has 0 bridgehead atoms. The molecular formula is C18H22FN3O2. The summed E-state index contributed by atoms with van der Waals surface area (Å²) in [5, 5.41) is 0. The number of nitrogens with zero attached hydrogens (tertiary/aromatic N) is 3. The zero-order valence-corrected chi connectivity index (χ0v) is 14.7. The van der Waals surface area contributed by atoms with Crippen molar-refractivity contribution < 1.29 is 13.9 Å². The molecule has 1 aromatic carbocycles. The largest absolute Gasteiger partial charge is 0.369 e. The molecule has 0 unspecified atom stereocenters. The van der Waals surface area contributed by atoms with Crippen LogP contribution in [-0.2, 0) is 4.74 Å². The maximum absolute atomic E-state index is 14.0. The molecule has 1 aliphatic rings. The summed E-state index contributed by atoms with van der Waals surface area (Å²) in [7, 11) is 0. The van der Waals surface area contributed by atoms with Crippen molar-refractivity contribution in [3.63, 3.8) is 0 Å². The second-order valence-corrected chi connectivity index (χ2v) is 7.09. The number of hydrogen-bond acceptors (Lipinski definition) is 4. The summed E-state index contributed by atoms with van der Waals surface area (Å²) in [4.78, 5) is 23.6. The van der Waals surface area contributed by atoms with E-state index in [1.54, 1.807) is 4.90 Å². The van der Waals surface area contributed by atoms with Gasteiger partial charge in [-0.15, -0.1) is 0 Å². The molecule has 0 N–H and O–H groups in total. The predicted octanol–water partition coefficient (Wildman–Crippen LogP) is 3.03. The number of ether oxygens (including phenoxy) is 1. The lowest BCUT2D eigenvalue weighted by Crippen LogP contribution is -2.53. The Balaban J connectivity index is 2.08. The number of benzene rings is 1. The van der Waals surface area contributed by atoms with Gasteiger partial charge in [0.1, 0.15) is 11.3 Å². The zero-order chi connectivity index (χ0) is 17.6. The van der Waals surface area contributed by atoms with Gasteiger partial charge < -0.3 is 9.64 Å². The van der Waals surface area contributed by atoms with Crippen LogP contribution in [0.4, 0.5) is 4.39 Å². The van der Waals surface area contributed by atoms with Crippen molar-refractivity contribution in [2.45, 2.75) is 46.3 Å². The third-order valence-electron chi connectivity index (χ3n) is 4.23. The van der Waals surface area contributed by atoms with Crippen LogP contribution in [0.1, 0.15) is 42.5 Å². The smallest absolute Gasteiger partial charge is 0.256 e. The van der Waals surface area contributed by atoms with Crippen LogP contribution in [0.5, 0.6) is 0 Å². The van der Waals surface area contributed by atoms with E-state index in [-0.39, 0.29) is 17.6 Å². The molecule has 6 heteroatoms. The first-order chi connectivity index (χ1) is 11.2. The van der Waals surface area contributed by atoms with Crippen LogP contribution in [0.25, 0.3) is 11.0 Å². The molecule has 1 atom stereocenters. The Kier molecular flexibility index (Phi) is 4.03. The van der Waals surface area contributed by atoms with Crippen molar-refractivity contribution in [1.82, 2.24) is 14.9 Å². The fourth-order valence-electron chi connectivity index (χ4n) is 3.24. The SMILES string of the molecule is Cc1nc2cc(F)cc(C(=O)N3C[C@@H](C)OC(C)(C)C3)c2nc1C. The molecule has 0 spiro atoms. The van der Waals surface area contributed by atoms with E-state index >= 15 is 0 Å². The van der Waals surface area contributed by atoms with Crippen molar-refractivity contribution in [2.24, 2.45) is 0 Å². The highest BCUT2D eigenvalue weighted by Gasteiger charge is 2.34. The second-order valence-electron chi connectivity index (χ2n) is 7.09. The standard InChI is InChI=1S/C18H22FN3O2/c1-10-8-22(9-18(4,5)24-10)17(23)14-6-13(19)7-15-16(14)21-12(3)11(2)20-15/h6-7,10H,8-9H2,1-5H3/t10-/m1/s1. The summed E-state index contributed by atoms with van der Waals surface area (Å²) in [5.41, 5.74) is 2.13. The summed E-state index contributed by atoms with van der Waals surface area (Å²) in [6.07, 6.45) is -0.0763. The van der Waals surface area contributed by atoms with E-state index < -0.39 is 11.4 Å². The average Bonchev–Trinajstić information content (AvgIpc) is 2.45. The van der Waals surface area contributed by atoms with Gasteiger partial charge in [0.05, 0.1) is 34.2 Å². The maximum Gasteiger partial charge on any atom is 0.256 e. The molecule has 24 heavy (non-hydrogen) atoms. The topological polar surface area (TPSA) is 55.3 Å². The lowest BCUT2D eigenvalue weighted by atomic mass is 10.0. The minimum absolute atomic E-state index is 0.0763. The van der Waals surface area contributed by atoms with Crippen LogP contribution in [-0.4, -0.2) is 45.6 Å². The number of halogens is 1. The summed E-state index contributed by atoms with van der Waals surface area (Å²) < 4.78 is 19.9. The Bertz CT molecular complexity index is 820. The molecule has 0 aliphatic carbocycles. The molecule has 128 valence electrons. The number of fused-ring (bicyclic) bond motifs is 1. The fourth-order valence-corrected chi connectivity index (χ4v) is 3.24. The molecule has 0 saturated carbocycles. The van der Waals surface area contributed by atoms with Gasteiger partial charge in [0.2, 0.25) is 0 Å². The first-order valence-corrected chi connectivity index (χ1v) is 8.08. The first-order valence-electron chi connectivity index (χ1n) is 8.08. The van der Waals surface area contributed by atoms with E-state index in [1.165, 1.54) is 12.1 Å². The molecule has 1 amide bonds. The number of carbonyl (C=O) groups excluding carboxylic acids is 1. The van der Waals surface area contributed by atoms with Crippen molar-refractivity contribution in [3.8, 4) is 0 Å². The Morgan fingerprint density at radius 2 is 1.96 bits per heavy atom. The van der Waals surface area contributed by atoms with Gasteiger partial charge in [-0.2, -0.15) is 0 Å². The van der Waals surface area contributed by atoms with Crippen molar-refractivity contribution in [3.05, 3.63) is 34.9 Å². The minimum atomic E-state index is -0.482. The van der Waals surface area contributed by atoms with E-state index in [1.807, 2.05) is 34.6 Å². The van der Waals surface area contributed by atoms with Crippen molar-refractivity contribution >= 4 is 16.9 Å². The van der Waals surface area contributed by atoms with Gasteiger partial charge in [-0.25, -0.2) is 14.4 Å². The van der Waals surface area contributed by atoms with Crippen molar-refractivity contribution in [1.29, 1.82) is 0 Å². The Morgan fingerprint density at radius 1 is 1.29 bits per heavy atom. The number of aryl methyl sites for hydroxylation is 2. The molecule has 1 aromatic heterocycles. The number of aromatic nitrogens is 2. The monoisotopic (exact) mass is 331 g/mol. The zero-order valence-electron chi connectivity index (χ0n) is 14.7. The maximum atomic E-state index is 14.0. The second kappa shape index (κ2) is 5.77. The quantitative estimate of drug-likeness (QED) is 0.806. The van der Waals surface area contributed by atoms with Gasteiger partial charge in [-0.3, -0.25) is 4.79 Å².